The number of hydrogen-bond donors (Lipinski definition) is 2. The zero-order valence-electron chi connectivity index (χ0n) is 11.9. The Balaban J connectivity index is 2.15. The van der Waals surface area contributed by atoms with E-state index in [1.54, 1.807) is 6.07 Å². The van der Waals surface area contributed by atoms with Crippen LogP contribution in [0.1, 0.15) is 31.0 Å². The lowest BCUT2D eigenvalue weighted by atomic mass is 9.93. The Morgan fingerprint density at radius 1 is 1.38 bits per heavy atom. The second-order valence-electron chi connectivity index (χ2n) is 5.41. The largest absolute Gasteiger partial charge is 0.479 e. The molecule has 5 nitrogen and oxygen atoms in total. The van der Waals surface area contributed by atoms with Crippen molar-refractivity contribution in [2.75, 3.05) is 5.73 Å². The van der Waals surface area contributed by atoms with E-state index in [-0.39, 0.29) is 0 Å². The number of nitrogen functional groups attached to an aromatic ring is 1. The minimum absolute atomic E-state index is 0.487. The Morgan fingerprint density at radius 3 is 2.90 bits per heavy atom. The number of aliphatic carboxylic acids is 1. The molecule has 2 aromatic rings. The third kappa shape index (κ3) is 2.39. The van der Waals surface area contributed by atoms with E-state index in [1.807, 2.05) is 12.1 Å². The molecule has 110 valence electrons. The van der Waals surface area contributed by atoms with Crippen LogP contribution in [0.15, 0.2) is 18.2 Å². The molecule has 1 unspecified atom stereocenters. The average Bonchev–Trinajstić information content (AvgIpc) is 2.47. The van der Waals surface area contributed by atoms with E-state index in [0.717, 1.165) is 47.8 Å². The van der Waals surface area contributed by atoms with Crippen molar-refractivity contribution in [3.63, 3.8) is 0 Å². The van der Waals surface area contributed by atoms with Gasteiger partial charge < -0.3 is 15.6 Å². The highest BCUT2D eigenvalue weighted by Crippen LogP contribution is 2.36. The van der Waals surface area contributed by atoms with Crippen LogP contribution in [0.5, 0.6) is 5.75 Å². The molecular weight excluding hydrogens is 268 g/mol. The van der Waals surface area contributed by atoms with Gasteiger partial charge in [0.05, 0.1) is 10.9 Å². The SMILES string of the molecule is CC(Oc1cccc2nc3c(c(N)c12)CCCC3)C(=O)O. The van der Waals surface area contributed by atoms with Crippen molar-refractivity contribution >= 4 is 22.6 Å². The van der Waals surface area contributed by atoms with Crippen LogP contribution in [0.4, 0.5) is 5.69 Å². The van der Waals surface area contributed by atoms with Gasteiger partial charge in [0.1, 0.15) is 5.75 Å². The molecular formula is C16H18N2O3. The van der Waals surface area contributed by atoms with Crippen molar-refractivity contribution in [2.45, 2.75) is 38.7 Å². The molecule has 21 heavy (non-hydrogen) atoms. The van der Waals surface area contributed by atoms with Crippen LogP contribution in [0.3, 0.4) is 0 Å². The van der Waals surface area contributed by atoms with Crippen LogP contribution >= 0.6 is 0 Å². The first-order chi connectivity index (χ1) is 10.1. The lowest BCUT2D eigenvalue weighted by Gasteiger charge is -2.20. The van der Waals surface area contributed by atoms with Gasteiger partial charge in [-0.25, -0.2) is 4.79 Å². The number of aryl methyl sites for hydroxylation is 1. The first-order valence-corrected chi connectivity index (χ1v) is 7.17. The number of ether oxygens (including phenoxy) is 1. The van der Waals surface area contributed by atoms with Crippen molar-refractivity contribution in [3.05, 3.63) is 29.5 Å². The molecule has 0 radical (unpaired) electrons. The van der Waals surface area contributed by atoms with Crippen molar-refractivity contribution in [3.8, 4) is 5.75 Å². The summed E-state index contributed by atoms with van der Waals surface area (Å²) in [5.41, 5.74) is 9.93. The summed E-state index contributed by atoms with van der Waals surface area (Å²) in [7, 11) is 0. The number of nitrogens with two attached hydrogens (primary N) is 1. The summed E-state index contributed by atoms with van der Waals surface area (Å²) in [5.74, 6) is -0.516. The highest BCUT2D eigenvalue weighted by molar-refractivity contribution is 5.97. The third-order valence-corrected chi connectivity index (χ3v) is 3.94. The lowest BCUT2D eigenvalue weighted by Crippen LogP contribution is -2.23. The van der Waals surface area contributed by atoms with E-state index in [9.17, 15) is 4.79 Å². The van der Waals surface area contributed by atoms with Gasteiger partial charge in [0.15, 0.2) is 6.10 Å². The van der Waals surface area contributed by atoms with Crippen molar-refractivity contribution in [1.29, 1.82) is 0 Å². The number of pyridine rings is 1. The number of rotatable bonds is 3. The maximum Gasteiger partial charge on any atom is 0.344 e. The molecule has 1 heterocycles. The Labute approximate surface area is 122 Å². The third-order valence-electron chi connectivity index (χ3n) is 3.94. The molecule has 1 aliphatic rings. The standard InChI is InChI=1S/C16H18N2O3/c1-9(16(19)20)21-13-8-4-7-12-14(13)15(17)10-5-2-3-6-11(10)18-12/h4,7-9H,2-3,5-6H2,1H3,(H2,17,18)(H,19,20). The van der Waals surface area contributed by atoms with Gasteiger partial charge in [-0.2, -0.15) is 0 Å². The Morgan fingerprint density at radius 2 is 2.14 bits per heavy atom. The molecule has 3 N–H and O–H groups in total. The molecule has 1 aromatic heterocycles. The summed E-state index contributed by atoms with van der Waals surface area (Å²) in [6.07, 6.45) is 3.20. The zero-order valence-corrected chi connectivity index (χ0v) is 11.9. The van der Waals surface area contributed by atoms with E-state index < -0.39 is 12.1 Å². The molecule has 1 aliphatic carbocycles. The minimum Gasteiger partial charge on any atom is -0.479 e. The zero-order chi connectivity index (χ0) is 15.0. The Hall–Kier alpha value is -2.30. The normalized spacial score (nSPS) is 15.5. The number of benzene rings is 1. The summed E-state index contributed by atoms with van der Waals surface area (Å²) in [5, 5.41) is 9.73. The van der Waals surface area contributed by atoms with E-state index in [4.69, 9.17) is 15.6 Å². The number of hydrogen-bond acceptors (Lipinski definition) is 4. The van der Waals surface area contributed by atoms with Crippen LogP contribution in [-0.4, -0.2) is 22.2 Å². The molecule has 0 aliphatic heterocycles. The molecule has 0 saturated carbocycles. The van der Waals surface area contributed by atoms with Gasteiger partial charge in [0.2, 0.25) is 0 Å². The van der Waals surface area contributed by atoms with Gasteiger partial charge in [-0.15, -0.1) is 0 Å². The molecule has 0 amide bonds. The fourth-order valence-electron chi connectivity index (χ4n) is 2.82. The molecule has 0 fully saturated rings. The van der Waals surface area contributed by atoms with Crippen LogP contribution in [-0.2, 0) is 17.6 Å². The van der Waals surface area contributed by atoms with Gasteiger partial charge >= 0.3 is 5.97 Å². The first kappa shape index (κ1) is 13.7. The van der Waals surface area contributed by atoms with Crippen molar-refractivity contribution in [2.24, 2.45) is 0 Å². The van der Waals surface area contributed by atoms with Gasteiger partial charge in [-0.1, -0.05) is 6.07 Å². The van der Waals surface area contributed by atoms with Gasteiger partial charge in [-0.05, 0) is 50.3 Å². The predicted octanol–water partition coefficient (Wildman–Crippen LogP) is 2.55. The van der Waals surface area contributed by atoms with E-state index in [0.29, 0.717) is 11.4 Å². The topological polar surface area (TPSA) is 85.4 Å². The second-order valence-corrected chi connectivity index (χ2v) is 5.41. The number of carboxylic acid groups (broad SMARTS) is 1. The monoisotopic (exact) mass is 286 g/mol. The van der Waals surface area contributed by atoms with Gasteiger partial charge in [0, 0.05) is 11.4 Å². The molecule has 1 aromatic carbocycles. The minimum atomic E-state index is -1.00. The predicted molar refractivity (Wildman–Crippen MR) is 80.5 cm³/mol. The number of fused-ring (bicyclic) bond motifs is 2. The number of carbonyl (C=O) groups is 1. The average molecular weight is 286 g/mol. The quantitative estimate of drug-likeness (QED) is 0.905. The summed E-state index contributed by atoms with van der Waals surface area (Å²) in [4.78, 5) is 15.7. The molecule has 0 bridgehead atoms. The molecule has 5 heteroatoms. The van der Waals surface area contributed by atoms with Crippen LogP contribution in [0.2, 0.25) is 0 Å². The highest BCUT2D eigenvalue weighted by atomic mass is 16.5. The highest BCUT2D eigenvalue weighted by Gasteiger charge is 2.20. The molecule has 0 saturated heterocycles. The summed E-state index contributed by atoms with van der Waals surface area (Å²) in [6, 6.07) is 5.45. The fourth-order valence-corrected chi connectivity index (χ4v) is 2.82. The van der Waals surface area contributed by atoms with Crippen molar-refractivity contribution < 1.29 is 14.6 Å². The molecule has 3 rings (SSSR count). The fraction of sp³-hybridized carbons (Fsp3) is 0.375. The van der Waals surface area contributed by atoms with E-state index in [2.05, 4.69) is 4.98 Å². The number of anilines is 1. The maximum atomic E-state index is 11.0. The molecule has 1 atom stereocenters. The maximum absolute atomic E-state index is 11.0. The number of aromatic nitrogens is 1. The van der Waals surface area contributed by atoms with Crippen LogP contribution < -0.4 is 10.5 Å². The van der Waals surface area contributed by atoms with E-state index >= 15 is 0 Å². The summed E-state index contributed by atoms with van der Waals surface area (Å²) in [6.45, 7) is 1.50. The Kier molecular flexibility index (Phi) is 3.41. The smallest absolute Gasteiger partial charge is 0.344 e. The summed E-state index contributed by atoms with van der Waals surface area (Å²) >= 11 is 0. The van der Waals surface area contributed by atoms with E-state index in [1.165, 1.54) is 6.92 Å². The van der Waals surface area contributed by atoms with Crippen molar-refractivity contribution in [1.82, 2.24) is 4.98 Å². The molecule has 0 spiro atoms. The Bertz CT molecular complexity index is 712. The van der Waals surface area contributed by atoms with Crippen LogP contribution in [0.25, 0.3) is 10.9 Å². The second kappa shape index (κ2) is 5.24. The number of carboxylic acids is 1. The first-order valence-electron chi connectivity index (χ1n) is 7.17. The summed E-state index contributed by atoms with van der Waals surface area (Å²) < 4.78 is 5.54. The number of nitrogens with zero attached hydrogens (tertiary/aromatic N) is 1. The van der Waals surface area contributed by atoms with Gasteiger partial charge in [0.25, 0.3) is 0 Å². The van der Waals surface area contributed by atoms with Crippen LogP contribution in [0, 0.1) is 0 Å². The van der Waals surface area contributed by atoms with Gasteiger partial charge in [-0.3, -0.25) is 4.98 Å². The lowest BCUT2D eigenvalue weighted by molar-refractivity contribution is -0.144.